The lowest BCUT2D eigenvalue weighted by Crippen LogP contribution is -2.24. The van der Waals surface area contributed by atoms with Crippen molar-refractivity contribution in [3.05, 3.63) is 70.2 Å². The fourth-order valence-electron chi connectivity index (χ4n) is 2.72. The van der Waals surface area contributed by atoms with Gasteiger partial charge in [-0.1, -0.05) is 35.9 Å². The van der Waals surface area contributed by atoms with Crippen LogP contribution in [0.5, 0.6) is 0 Å². The van der Waals surface area contributed by atoms with Crippen molar-refractivity contribution in [1.82, 2.24) is 5.32 Å². The molecule has 1 aliphatic rings. The Morgan fingerprint density at radius 1 is 1.17 bits per heavy atom. The van der Waals surface area contributed by atoms with Crippen LogP contribution in [0.25, 0.3) is 0 Å². The maximum Gasteiger partial charge on any atom is 0.416 e. The van der Waals surface area contributed by atoms with Crippen LogP contribution in [-0.4, -0.2) is 5.91 Å². The summed E-state index contributed by atoms with van der Waals surface area (Å²) in [6.07, 6.45) is -3.58. The zero-order valence-corrected chi connectivity index (χ0v) is 13.4. The standard InChI is InChI=1S/C18H15ClF3NO/c19-14-3-1-2-12(8-14)15-9-16(15)17(24)23-10-11-4-6-13(7-5-11)18(20,21)22/h1-8,15-16H,9-10H2,(H,23,24). The molecule has 24 heavy (non-hydrogen) atoms. The maximum absolute atomic E-state index is 12.5. The highest BCUT2D eigenvalue weighted by atomic mass is 35.5. The number of rotatable bonds is 4. The molecular weight excluding hydrogens is 339 g/mol. The second kappa shape index (κ2) is 6.48. The van der Waals surface area contributed by atoms with E-state index in [9.17, 15) is 18.0 Å². The highest BCUT2D eigenvalue weighted by Gasteiger charge is 2.43. The van der Waals surface area contributed by atoms with Gasteiger partial charge in [0, 0.05) is 17.5 Å². The number of carbonyl (C=O) groups excluding carboxylic acids is 1. The molecule has 1 aliphatic carbocycles. The van der Waals surface area contributed by atoms with E-state index >= 15 is 0 Å². The number of alkyl halides is 3. The molecule has 2 nitrogen and oxygen atoms in total. The molecule has 0 radical (unpaired) electrons. The topological polar surface area (TPSA) is 29.1 Å². The van der Waals surface area contributed by atoms with Crippen molar-refractivity contribution in [3.63, 3.8) is 0 Å². The first-order valence-electron chi connectivity index (χ1n) is 7.54. The van der Waals surface area contributed by atoms with Gasteiger partial charge in [-0.05, 0) is 47.7 Å². The van der Waals surface area contributed by atoms with Crippen molar-refractivity contribution in [2.45, 2.75) is 25.1 Å². The Bertz CT molecular complexity index is 743. The lowest BCUT2D eigenvalue weighted by molar-refractivity contribution is -0.137. The summed E-state index contributed by atoms with van der Waals surface area (Å²) in [5, 5.41) is 3.42. The van der Waals surface area contributed by atoms with Crippen LogP contribution < -0.4 is 5.32 Å². The summed E-state index contributed by atoms with van der Waals surface area (Å²) in [5.41, 5.74) is 0.981. The minimum atomic E-state index is -4.35. The van der Waals surface area contributed by atoms with Crippen LogP contribution in [0.1, 0.15) is 29.0 Å². The van der Waals surface area contributed by atoms with E-state index in [0.717, 1.165) is 24.1 Å². The molecule has 2 aromatic rings. The van der Waals surface area contributed by atoms with Crippen LogP contribution in [0.4, 0.5) is 13.2 Å². The summed E-state index contributed by atoms with van der Waals surface area (Å²) in [4.78, 5) is 12.1. The molecule has 6 heteroatoms. The van der Waals surface area contributed by atoms with Crippen molar-refractivity contribution < 1.29 is 18.0 Å². The Morgan fingerprint density at radius 2 is 1.88 bits per heavy atom. The van der Waals surface area contributed by atoms with Gasteiger partial charge in [0.25, 0.3) is 0 Å². The lowest BCUT2D eigenvalue weighted by atomic mass is 10.1. The van der Waals surface area contributed by atoms with Crippen LogP contribution in [-0.2, 0) is 17.5 Å². The van der Waals surface area contributed by atoms with Crippen molar-refractivity contribution in [2.75, 3.05) is 0 Å². The van der Waals surface area contributed by atoms with Crippen molar-refractivity contribution in [1.29, 1.82) is 0 Å². The summed E-state index contributed by atoms with van der Waals surface area (Å²) in [6.45, 7) is 0.218. The van der Waals surface area contributed by atoms with Crippen LogP contribution in [0.2, 0.25) is 5.02 Å². The third-order valence-corrected chi connectivity index (χ3v) is 4.39. The number of amides is 1. The monoisotopic (exact) mass is 353 g/mol. The lowest BCUT2D eigenvalue weighted by Gasteiger charge is -2.09. The second-order valence-electron chi connectivity index (χ2n) is 5.92. The largest absolute Gasteiger partial charge is 0.416 e. The van der Waals surface area contributed by atoms with Crippen LogP contribution in [0.3, 0.4) is 0 Å². The third-order valence-electron chi connectivity index (χ3n) is 4.15. The van der Waals surface area contributed by atoms with Gasteiger partial charge in [0.15, 0.2) is 0 Å². The summed E-state index contributed by atoms with van der Waals surface area (Å²) >= 11 is 5.95. The molecule has 1 amide bonds. The number of carbonyl (C=O) groups is 1. The van der Waals surface area contributed by atoms with Gasteiger partial charge in [-0.3, -0.25) is 4.79 Å². The highest BCUT2D eigenvalue weighted by Crippen LogP contribution is 2.47. The molecule has 0 spiro atoms. The van der Waals surface area contributed by atoms with Crippen LogP contribution >= 0.6 is 11.6 Å². The minimum absolute atomic E-state index is 0.0835. The first kappa shape index (κ1) is 16.8. The van der Waals surface area contributed by atoms with Gasteiger partial charge in [-0.25, -0.2) is 0 Å². The molecule has 0 heterocycles. The molecule has 0 aromatic heterocycles. The third kappa shape index (κ3) is 3.90. The molecule has 1 fully saturated rings. The maximum atomic E-state index is 12.5. The number of benzene rings is 2. The molecule has 2 unspecified atom stereocenters. The predicted octanol–water partition coefficient (Wildman–Crippen LogP) is 4.78. The normalized spacial score (nSPS) is 19.8. The van der Waals surface area contributed by atoms with E-state index in [1.165, 1.54) is 12.1 Å². The molecule has 1 saturated carbocycles. The summed E-state index contributed by atoms with van der Waals surface area (Å²) < 4.78 is 37.5. The molecule has 2 aromatic carbocycles. The summed E-state index contributed by atoms with van der Waals surface area (Å²) in [5.74, 6) is -0.0194. The average molecular weight is 354 g/mol. The SMILES string of the molecule is O=C(NCc1ccc(C(F)(F)F)cc1)C1CC1c1cccc(Cl)c1. The van der Waals surface area contributed by atoms with Gasteiger partial charge < -0.3 is 5.32 Å². The number of hydrogen-bond donors (Lipinski definition) is 1. The first-order valence-corrected chi connectivity index (χ1v) is 7.92. The zero-order valence-electron chi connectivity index (χ0n) is 12.6. The van der Waals surface area contributed by atoms with Crippen molar-refractivity contribution in [3.8, 4) is 0 Å². The van der Waals surface area contributed by atoms with E-state index in [1.54, 1.807) is 6.07 Å². The Balaban J connectivity index is 1.53. The molecule has 2 atom stereocenters. The van der Waals surface area contributed by atoms with Crippen molar-refractivity contribution >= 4 is 17.5 Å². The Labute approximate surface area is 142 Å². The van der Waals surface area contributed by atoms with Gasteiger partial charge in [0.1, 0.15) is 0 Å². The van der Waals surface area contributed by atoms with E-state index in [2.05, 4.69) is 5.32 Å². The molecular formula is C18H15ClF3NO. The predicted molar refractivity (Wildman–Crippen MR) is 85.6 cm³/mol. The fourth-order valence-corrected chi connectivity index (χ4v) is 2.92. The fraction of sp³-hybridized carbons (Fsp3) is 0.278. The van der Waals surface area contributed by atoms with Gasteiger partial charge in [0.2, 0.25) is 5.91 Å². The first-order chi connectivity index (χ1) is 11.3. The van der Waals surface area contributed by atoms with Crippen molar-refractivity contribution in [2.24, 2.45) is 5.92 Å². The van der Waals surface area contributed by atoms with Gasteiger partial charge in [0.05, 0.1) is 5.56 Å². The number of halogens is 4. The Hall–Kier alpha value is -2.01. The molecule has 0 aliphatic heterocycles. The summed E-state index contributed by atoms with van der Waals surface area (Å²) in [7, 11) is 0. The number of hydrogen-bond acceptors (Lipinski definition) is 1. The second-order valence-corrected chi connectivity index (χ2v) is 6.35. The molecule has 3 rings (SSSR count). The molecule has 126 valence electrons. The molecule has 0 saturated heterocycles. The van der Waals surface area contributed by atoms with E-state index in [4.69, 9.17) is 11.6 Å². The zero-order chi connectivity index (χ0) is 17.3. The smallest absolute Gasteiger partial charge is 0.352 e. The highest BCUT2D eigenvalue weighted by molar-refractivity contribution is 6.30. The van der Waals surface area contributed by atoms with E-state index < -0.39 is 11.7 Å². The van der Waals surface area contributed by atoms with E-state index in [-0.39, 0.29) is 24.3 Å². The Kier molecular flexibility index (Phi) is 4.54. The van der Waals surface area contributed by atoms with Gasteiger partial charge in [-0.15, -0.1) is 0 Å². The number of nitrogens with one attached hydrogen (secondary N) is 1. The van der Waals surface area contributed by atoms with Gasteiger partial charge >= 0.3 is 6.18 Å². The average Bonchev–Trinajstić information content (AvgIpc) is 3.33. The summed E-state index contributed by atoms with van der Waals surface area (Å²) in [6, 6.07) is 12.2. The molecule has 0 bridgehead atoms. The minimum Gasteiger partial charge on any atom is -0.352 e. The van der Waals surface area contributed by atoms with E-state index in [1.807, 2.05) is 18.2 Å². The quantitative estimate of drug-likeness (QED) is 0.842. The van der Waals surface area contributed by atoms with Crippen LogP contribution in [0, 0.1) is 5.92 Å². The molecule has 1 N–H and O–H groups in total. The Morgan fingerprint density at radius 3 is 2.50 bits per heavy atom. The van der Waals surface area contributed by atoms with Crippen LogP contribution in [0.15, 0.2) is 48.5 Å². The van der Waals surface area contributed by atoms with Gasteiger partial charge in [-0.2, -0.15) is 13.2 Å². The van der Waals surface area contributed by atoms with E-state index in [0.29, 0.717) is 10.6 Å².